The van der Waals surface area contributed by atoms with E-state index in [0.29, 0.717) is 10.7 Å². The maximum Gasteiger partial charge on any atom is 0.264 e. The summed E-state index contributed by atoms with van der Waals surface area (Å²) >= 11 is 6.04. The van der Waals surface area contributed by atoms with Crippen molar-refractivity contribution in [2.24, 2.45) is 0 Å². The van der Waals surface area contributed by atoms with Gasteiger partial charge in [-0.25, -0.2) is 8.42 Å². The molecule has 0 saturated carbocycles. The van der Waals surface area contributed by atoms with Crippen LogP contribution in [0.3, 0.4) is 0 Å². The molecule has 1 atom stereocenters. The number of halogens is 1. The van der Waals surface area contributed by atoms with E-state index in [0.717, 1.165) is 21.0 Å². The van der Waals surface area contributed by atoms with Crippen LogP contribution in [0.1, 0.15) is 37.5 Å². The van der Waals surface area contributed by atoms with Crippen LogP contribution >= 0.6 is 11.6 Å². The lowest BCUT2D eigenvalue weighted by atomic mass is 10.0. The predicted octanol–water partition coefficient (Wildman–Crippen LogP) is 6.40. The Bertz CT molecular complexity index is 1660. The molecule has 0 aliphatic heterocycles. The van der Waals surface area contributed by atoms with Crippen LogP contribution in [0.25, 0.3) is 0 Å². The molecule has 44 heavy (non-hydrogen) atoms. The zero-order valence-corrected chi connectivity index (χ0v) is 27.0. The number of carbonyl (C=O) groups is 2. The molecule has 2 amide bonds. The number of nitrogens with zero attached hydrogens (tertiary/aromatic N) is 2. The van der Waals surface area contributed by atoms with E-state index >= 15 is 0 Å². The molecule has 0 heterocycles. The third-order valence-electron chi connectivity index (χ3n) is 6.97. The van der Waals surface area contributed by atoms with E-state index in [9.17, 15) is 18.0 Å². The zero-order chi connectivity index (χ0) is 31.9. The summed E-state index contributed by atoms with van der Waals surface area (Å²) in [7, 11) is -4.18. The maximum atomic E-state index is 14.5. The lowest BCUT2D eigenvalue weighted by molar-refractivity contribution is -0.140. The molecule has 0 aromatic heterocycles. The summed E-state index contributed by atoms with van der Waals surface area (Å²) in [6.07, 6.45) is 0.246. The minimum Gasteiger partial charge on any atom is -0.350 e. The molecule has 0 unspecified atom stereocenters. The highest BCUT2D eigenvalue weighted by Crippen LogP contribution is 2.26. The molecule has 0 fully saturated rings. The quantitative estimate of drug-likeness (QED) is 0.208. The van der Waals surface area contributed by atoms with Crippen molar-refractivity contribution < 1.29 is 18.0 Å². The van der Waals surface area contributed by atoms with Crippen molar-refractivity contribution in [3.63, 3.8) is 0 Å². The SMILES string of the molecule is Cc1ccc(CN(C(=O)CN(c2ccccc2)S(=O)(=O)c2ccc(Cl)cc2)[C@H](Cc2ccccc2)C(=O)NC(C)(C)C)cc1. The average Bonchev–Trinajstić information content (AvgIpc) is 2.98. The number of benzene rings is 4. The Morgan fingerprint density at radius 3 is 1.93 bits per heavy atom. The van der Waals surface area contributed by atoms with E-state index in [4.69, 9.17) is 11.6 Å². The fourth-order valence-electron chi connectivity index (χ4n) is 4.75. The van der Waals surface area contributed by atoms with Gasteiger partial charge in [-0.2, -0.15) is 0 Å². The highest BCUT2D eigenvalue weighted by Gasteiger charge is 2.35. The highest BCUT2D eigenvalue weighted by molar-refractivity contribution is 7.92. The van der Waals surface area contributed by atoms with E-state index in [2.05, 4.69) is 5.32 Å². The molecule has 0 spiro atoms. The minimum absolute atomic E-state index is 0.00468. The van der Waals surface area contributed by atoms with Gasteiger partial charge in [-0.1, -0.05) is 90.0 Å². The van der Waals surface area contributed by atoms with Crippen molar-refractivity contribution >= 4 is 39.1 Å². The van der Waals surface area contributed by atoms with Crippen LogP contribution in [0.5, 0.6) is 0 Å². The molecule has 1 N–H and O–H groups in total. The van der Waals surface area contributed by atoms with Crippen LogP contribution in [0.4, 0.5) is 5.69 Å². The Morgan fingerprint density at radius 2 is 1.36 bits per heavy atom. The van der Waals surface area contributed by atoms with Gasteiger partial charge in [0.15, 0.2) is 0 Å². The summed E-state index contributed by atoms with van der Waals surface area (Å²) in [4.78, 5) is 29.8. The van der Waals surface area contributed by atoms with Gasteiger partial charge in [0.2, 0.25) is 11.8 Å². The number of rotatable bonds is 11. The molecule has 9 heteroatoms. The van der Waals surface area contributed by atoms with E-state index in [1.54, 1.807) is 30.3 Å². The van der Waals surface area contributed by atoms with E-state index in [1.165, 1.54) is 29.2 Å². The van der Waals surface area contributed by atoms with E-state index < -0.39 is 34.1 Å². The number of amides is 2. The van der Waals surface area contributed by atoms with Crippen LogP contribution in [0.2, 0.25) is 5.02 Å². The van der Waals surface area contributed by atoms with Gasteiger partial charge < -0.3 is 10.2 Å². The topological polar surface area (TPSA) is 86.8 Å². The molecule has 230 valence electrons. The van der Waals surface area contributed by atoms with Crippen molar-refractivity contribution in [3.05, 3.63) is 131 Å². The van der Waals surface area contributed by atoms with Crippen LogP contribution < -0.4 is 9.62 Å². The van der Waals surface area contributed by atoms with Gasteiger partial charge in [0.25, 0.3) is 10.0 Å². The zero-order valence-electron chi connectivity index (χ0n) is 25.4. The second-order valence-corrected chi connectivity index (χ2v) is 14.1. The molecule has 4 aromatic carbocycles. The van der Waals surface area contributed by atoms with Gasteiger partial charge >= 0.3 is 0 Å². The Labute approximate surface area is 265 Å². The predicted molar refractivity (Wildman–Crippen MR) is 176 cm³/mol. The van der Waals surface area contributed by atoms with Crippen molar-refractivity contribution in [2.75, 3.05) is 10.8 Å². The van der Waals surface area contributed by atoms with Crippen LogP contribution in [0, 0.1) is 6.92 Å². The van der Waals surface area contributed by atoms with E-state index in [-0.39, 0.29) is 23.8 Å². The van der Waals surface area contributed by atoms with Gasteiger partial charge in [0.05, 0.1) is 10.6 Å². The maximum absolute atomic E-state index is 14.5. The first kappa shape index (κ1) is 32.8. The lowest BCUT2D eigenvalue weighted by Crippen LogP contribution is -2.56. The largest absolute Gasteiger partial charge is 0.350 e. The molecule has 0 bridgehead atoms. The summed E-state index contributed by atoms with van der Waals surface area (Å²) in [6, 6.07) is 30.6. The molecule has 0 aliphatic carbocycles. The monoisotopic (exact) mass is 631 g/mol. The van der Waals surface area contributed by atoms with E-state index in [1.807, 2.05) is 82.3 Å². The van der Waals surface area contributed by atoms with Crippen molar-refractivity contribution in [2.45, 2.75) is 57.1 Å². The summed E-state index contributed by atoms with van der Waals surface area (Å²) in [6.45, 7) is 7.21. The number of para-hydroxylation sites is 1. The molecule has 7 nitrogen and oxygen atoms in total. The number of hydrogen-bond donors (Lipinski definition) is 1. The van der Waals surface area contributed by atoms with Gasteiger partial charge in [0, 0.05) is 23.5 Å². The number of carbonyl (C=O) groups excluding carboxylic acids is 2. The highest BCUT2D eigenvalue weighted by atomic mass is 35.5. The Balaban J connectivity index is 1.79. The number of hydrogen-bond acceptors (Lipinski definition) is 4. The van der Waals surface area contributed by atoms with Gasteiger partial charge in [-0.3, -0.25) is 13.9 Å². The second kappa shape index (κ2) is 14.1. The Hall–Kier alpha value is -4.14. The van der Waals surface area contributed by atoms with Gasteiger partial charge in [-0.05, 0) is 75.2 Å². The fourth-order valence-corrected chi connectivity index (χ4v) is 6.29. The molecule has 0 radical (unpaired) electrons. The molecule has 0 aliphatic rings. The normalized spacial score (nSPS) is 12.3. The Morgan fingerprint density at radius 1 is 0.795 bits per heavy atom. The Kier molecular flexibility index (Phi) is 10.5. The smallest absolute Gasteiger partial charge is 0.264 e. The first-order valence-electron chi connectivity index (χ1n) is 14.4. The minimum atomic E-state index is -4.18. The molecule has 0 saturated heterocycles. The second-order valence-electron chi connectivity index (χ2n) is 11.8. The number of aryl methyl sites for hydroxylation is 1. The fraction of sp³-hybridized carbons (Fsp3) is 0.257. The van der Waals surface area contributed by atoms with Crippen molar-refractivity contribution in [1.82, 2.24) is 10.2 Å². The molecule has 4 rings (SSSR count). The number of nitrogens with one attached hydrogen (secondary N) is 1. The summed E-state index contributed by atoms with van der Waals surface area (Å²) < 4.78 is 29.1. The van der Waals surface area contributed by atoms with Crippen molar-refractivity contribution in [3.8, 4) is 0 Å². The number of anilines is 1. The summed E-state index contributed by atoms with van der Waals surface area (Å²) in [5, 5.41) is 3.43. The third-order valence-corrected chi connectivity index (χ3v) is 9.01. The van der Waals surface area contributed by atoms with Crippen LogP contribution in [0.15, 0.2) is 114 Å². The molecule has 4 aromatic rings. The van der Waals surface area contributed by atoms with Gasteiger partial charge in [-0.15, -0.1) is 0 Å². The first-order valence-corrected chi connectivity index (χ1v) is 16.2. The first-order chi connectivity index (χ1) is 20.8. The summed E-state index contributed by atoms with van der Waals surface area (Å²) in [5.74, 6) is -0.842. The van der Waals surface area contributed by atoms with Crippen molar-refractivity contribution in [1.29, 1.82) is 0 Å². The third kappa shape index (κ3) is 8.71. The van der Waals surface area contributed by atoms with Crippen LogP contribution in [-0.4, -0.2) is 43.3 Å². The number of sulfonamides is 1. The average molecular weight is 632 g/mol. The van der Waals surface area contributed by atoms with Gasteiger partial charge in [0.1, 0.15) is 12.6 Å². The summed E-state index contributed by atoms with van der Waals surface area (Å²) in [5.41, 5.74) is 2.51. The standard InChI is InChI=1S/C35H38ClN3O4S/c1-26-15-17-28(18-16-26)24-38(32(34(41)37-35(2,3)4)23-27-11-7-5-8-12-27)33(40)25-39(30-13-9-6-10-14-30)44(42,43)31-21-19-29(36)20-22-31/h5-22,32H,23-25H2,1-4H3,(H,37,41)/t32-/m1/s1. The molecular weight excluding hydrogens is 594 g/mol. The molecular formula is C35H38ClN3O4S. The lowest BCUT2D eigenvalue weighted by Gasteiger charge is -2.35. The van der Waals surface area contributed by atoms with Crippen LogP contribution in [-0.2, 0) is 32.6 Å².